The quantitative estimate of drug-likeness (QED) is 0.886. The third kappa shape index (κ3) is 4.67. The fourth-order valence-electron chi connectivity index (χ4n) is 2.35. The molecule has 1 aliphatic rings. The van der Waals surface area contributed by atoms with Crippen LogP contribution in [0, 0.1) is 5.92 Å². The summed E-state index contributed by atoms with van der Waals surface area (Å²) in [5, 5.41) is 3.22. The van der Waals surface area contributed by atoms with E-state index in [9.17, 15) is 4.79 Å². The smallest absolute Gasteiger partial charge is 0.272 e. The molecule has 0 bridgehead atoms. The second-order valence-electron chi connectivity index (χ2n) is 5.99. The van der Waals surface area contributed by atoms with E-state index in [-0.39, 0.29) is 5.91 Å². The van der Waals surface area contributed by atoms with Crippen LogP contribution in [-0.4, -0.2) is 65.9 Å². The Labute approximate surface area is 126 Å². The minimum atomic E-state index is 0.0139. The lowest BCUT2D eigenvalue weighted by molar-refractivity contribution is 0.0691. The lowest BCUT2D eigenvalue weighted by Gasteiger charge is -2.30. The van der Waals surface area contributed by atoms with Gasteiger partial charge in [-0.1, -0.05) is 6.92 Å². The molecule has 1 N–H and O–H groups in total. The van der Waals surface area contributed by atoms with Gasteiger partial charge < -0.3 is 15.1 Å². The number of carbonyl (C=O) groups is 1. The van der Waals surface area contributed by atoms with Crippen LogP contribution in [0.4, 0.5) is 5.82 Å². The van der Waals surface area contributed by atoms with Gasteiger partial charge in [-0.2, -0.15) is 0 Å². The Hall–Kier alpha value is -1.69. The van der Waals surface area contributed by atoms with E-state index in [4.69, 9.17) is 0 Å². The van der Waals surface area contributed by atoms with Gasteiger partial charge in [0.15, 0.2) is 0 Å². The standard InChI is InChI=1S/C15H25N5O/c1-12-4-7-20(8-5-12)15(21)13-10-14(18-11-17-13)16-6-9-19(2)3/h10-12H,4-9H2,1-3H3,(H,16,17,18). The fraction of sp³-hybridized carbons (Fsp3) is 0.667. The molecule has 0 radical (unpaired) electrons. The topological polar surface area (TPSA) is 61.4 Å². The van der Waals surface area contributed by atoms with Crippen molar-refractivity contribution in [1.82, 2.24) is 19.8 Å². The van der Waals surface area contributed by atoms with Crippen molar-refractivity contribution >= 4 is 11.7 Å². The zero-order valence-electron chi connectivity index (χ0n) is 13.2. The zero-order valence-corrected chi connectivity index (χ0v) is 13.2. The fourth-order valence-corrected chi connectivity index (χ4v) is 2.35. The molecule has 0 atom stereocenters. The number of aromatic nitrogens is 2. The van der Waals surface area contributed by atoms with Crippen molar-refractivity contribution in [2.45, 2.75) is 19.8 Å². The molecule has 1 aliphatic heterocycles. The maximum absolute atomic E-state index is 12.4. The summed E-state index contributed by atoms with van der Waals surface area (Å²) in [5.74, 6) is 1.43. The number of amides is 1. The molecule has 6 heteroatoms. The van der Waals surface area contributed by atoms with E-state index in [1.165, 1.54) is 6.33 Å². The Morgan fingerprint density at radius 2 is 2.10 bits per heavy atom. The van der Waals surface area contributed by atoms with Crippen LogP contribution >= 0.6 is 0 Å². The average molecular weight is 291 g/mol. The molecule has 21 heavy (non-hydrogen) atoms. The van der Waals surface area contributed by atoms with Crippen LogP contribution < -0.4 is 5.32 Å². The highest BCUT2D eigenvalue weighted by Gasteiger charge is 2.22. The molecular formula is C15H25N5O. The summed E-state index contributed by atoms with van der Waals surface area (Å²) < 4.78 is 0. The molecule has 1 amide bonds. The highest BCUT2D eigenvalue weighted by atomic mass is 16.2. The van der Waals surface area contributed by atoms with Crippen molar-refractivity contribution in [3.63, 3.8) is 0 Å². The van der Waals surface area contributed by atoms with Crippen molar-refractivity contribution in [2.24, 2.45) is 5.92 Å². The summed E-state index contributed by atoms with van der Waals surface area (Å²) in [7, 11) is 4.04. The first-order chi connectivity index (χ1) is 10.1. The van der Waals surface area contributed by atoms with Crippen LogP contribution in [0.5, 0.6) is 0 Å². The molecule has 1 aromatic heterocycles. The van der Waals surface area contributed by atoms with Crippen molar-refractivity contribution in [2.75, 3.05) is 45.6 Å². The van der Waals surface area contributed by atoms with E-state index in [2.05, 4.69) is 27.1 Å². The van der Waals surface area contributed by atoms with Crippen molar-refractivity contribution in [1.29, 1.82) is 0 Å². The Bertz CT molecular complexity index is 469. The van der Waals surface area contributed by atoms with Gasteiger partial charge in [-0.3, -0.25) is 4.79 Å². The predicted octanol–water partition coefficient (Wildman–Crippen LogP) is 1.32. The summed E-state index contributed by atoms with van der Waals surface area (Å²) in [5.41, 5.74) is 0.479. The Morgan fingerprint density at radius 1 is 1.38 bits per heavy atom. The van der Waals surface area contributed by atoms with Crippen LogP contribution in [0.3, 0.4) is 0 Å². The van der Waals surface area contributed by atoms with Gasteiger partial charge in [0, 0.05) is 32.2 Å². The number of rotatable bonds is 5. The van der Waals surface area contributed by atoms with Crippen LogP contribution in [0.1, 0.15) is 30.3 Å². The summed E-state index contributed by atoms with van der Waals surface area (Å²) in [6.07, 6.45) is 3.60. The second-order valence-corrected chi connectivity index (χ2v) is 5.99. The van der Waals surface area contributed by atoms with Gasteiger partial charge in [0.2, 0.25) is 0 Å². The Morgan fingerprint density at radius 3 is 2.76 bits per heavy atom. The first kappa shape index (κ1) is 15.7. The molecule has 2 rings (SSSR count). The molecule has 6 nitrogen and oxygen atoms in total. The number of likely N-dealkylation sites (tertiary alicyclic amines) is 1. The van der Waals surface area contributed by atoms with Gasteiger partial charge in [-0.05, 0) is 32.9 Å². The number of hydrogen-bond donors (Lipinski definition) is 1. The monoisotopic (exact) mass is 291 g/mol. The number of piperidine rings is 1. The van der Waals surface area contributed by atoms with Crippen molar-refractivity contribution in [3.05, 3.63) is 18.1 Å². The van der Waals surface area contributed by atoms with Gasteiger partial charge in [-0.25, -0.2) is 9.97 Å². The lowest BCUT2D eigenvalue weighted by Crippen LogP contribution is -2.38. The molecular weight excluding hydrogens is 266 g/mol. The molecule has 0 aromatic carbocycles. The summed E-state index contributed by atoms with van der Waals surface area (Å²) in [4.78, 5) is 24.7. The predicted molar refractivity (Wildman–Crippen MR) is 83.4 cm³/mol. The minimum absolute atomic E-state index is 0.0139. The van der Waals surface area contributed by atoms with Gasteiger partial charge in [0.25, 0.3) is 5.91 Å². The zero-order chi connectivity index (χ0) is 15.2. The van der Waals surface area contributed by atoms with E-state index in [0.717, 1.165) is 39.0 Å². The van der Waals surface area contributed by atoms with Crippen LogP contribution in [-0.2, 0) is 0 Å². The number of anilines is 1. The highest BCUT2D eigenvalue weighted by Crippen LogP contribution is 2.18. The molecule has 0 spiro atoms. The molecule has 0 aliphatic carbocycles. The third-order valence-electron chi connectivity index (χ3n) is 3.82. The summed E-state index contributed by atoms with van der Waals surface area (Å²) in [6.45, 7) is 5.59. The number of carbonyl (C=O) groups excluding carboxylic acids is 1. The van der Waals surface area contributed by atoms with Crippen LogP contribution in [0.2, 0.25) is 0 Å². The van der Waals surface area contributed by atoms with Crippen molar-refractivity contribution < 1.29 is 4.79 Å². The van der Waals surface area contributed by atoms with Gasteiger partial charge in [0.05, 0.1) is 0 Å². The molecule has 1 saturated heterocycles. The second kappa shape index (κ2) is 7.36. The first-order valence-electron chi connectivity index (χ1n) is 7.56. The SMILES string of the molecule is CC1CCN(C(=O)c2cc(NCCN(C)C)ncn2)CC1. The van der Waals surface area contributed by atoms with E-state index in [0.29, 0.717) is 17.4 Å². The largest absolute Gasteiger partial charge is 0.369 e. The normalized spacial score (nSPS) is 16.3. The number of nitrogens with zero attached hydrogens (tertiary/aromatic N) is 4. The minimum Gasteiger partial charge on any atom is -0.369 e. The third-order valence-corrected chi connectivity index (χ3v) is 3.82. The molecule has 0 saturated carbocycles. The number of hydrogen-bond acceptors (Lipinski definition) is 5. The summed E-state index contributed by atoms with van der Waals surface area (Å²) >= 11 is 0. The average Bonchev–Trinajstić information content (AvgIpc) is 2.47. The first-order valence-corrected chi connectivity index (χ1v) is 7.56. The van der Waals surface area contributed by atoms with E-state index < -0.39 is 0 Å². The van der Waals surface area contributed by atoms with Gasteiger partial charge in [0.1, 0.15) is 17.8 Å². The molecule has 1 fully saturated rings. The number of nitrogens with one attached hydrogen (secondary N) is 1. The maximum atomic E-state index is 12.4. The van der Waals surface area contributed by atoms with Crippen molar-refractivity contribution in [3.8, 4) is 0 Å². The Kier molecular flexibility index (Phi) is 5.50. The lowest BCUT2D eigenvalue weighted by atomic mass is 9.99. The van der Waals surface area contributed by atoms with Crippen LogP contribution in [0.25, 0.3) is 0 Å². The maximum Gasteiger partial charge on any atom is 0.272 e. The van der Waals surface area contributed by atoms with E-state index >= 15 is 0 Å². The van der Waals surface area contributed by atoms with E-state index in [1.807, 2.05) is 19.0 Å². The van der Waals surface area contributed by atoms with Crippen LogP contribution in [0.15, 0.2) is 12.4 Å². The number of likely N-dealkylation sites (N-methyl/N-ethyl adjacent to an activating group) is 1. The van der Waals surface area contributed by atoms with Gasteiger partial charge in [-0.15, -0.1) is 0 Å². The molecule has 0 unspecified atom stereocenters. The summed E-state index contributed by atoms with van der Waals surface area (Å²) in [6, 6.07) is 1.75. The molecule has 1 aromatic rings. The van der Waals surface area contributed by atoms with Gasteiger partial charge >= 0.3 is 0 Å². The van der Waals surface area contributed by atoms with E-state index in [1.54, 1.807) is 6.07 Å². The molecule has 2 heterocycles. The Balaban J connectivity index is 1.94. The molecule has 116 valence electrons. The highest BCUT2D eigenvalue weighted by molar-refractivity contribution is 5.92.